The zero-order valence-corrected chi connectivity index (χ0v) is 33.4. The number of hydrogen-bond acceptors (Lipinski definition) is 5. The Morgan fingerprint density at radius 1 is 0.796 bits per heavy atom. The van der Waals surface area contributed by atoms with E-state index in [1.165, 1.54) is 32.6 Å². The number of nitrogens with zero attached hydrogens (tertiary/aromatic N) is 4. The maximum Gasteiger partial charge on any atom is 0.127 e. The fraction of sp³-hybridized carbons (Fsp3) is 0.286. The number of aromatic nitrogens is 2. The predicted octanol–water partition coefficient (Wildman–Crippen LogP) is 10.1. The smallest absolute Gasteiger partial charge is 0.127 e. The van der Waals surface area contributed by atoms with Gasteiger partial charge in [0.2, 0.25) is 0 Å². The number of furan rings is 1. The Balaban J connectivity index is 0.000000262. The summed E-state index contributed by atoms with van der Waals surface area (Å²) in [7, 11) is -1.61. The van der Waals surface area contributed by atoms with Crippen LogP contribution in [0.25, 0.3) is 44.5 Å². The number of fused-ring (bicyclic) bond motifs is 3. The number of rotatable bonds is 6. The van der Waals surface area contributed by atoms with Crippen molar-refractivity contribution in [3.63, 3.8) is 0 Å². The number of aryl methyl sites for hydroxylation is 2. The Morgan fingerprint density at radius 3 is 2.12 bits per heavy atom. The third-order valence-electron chi connectivity index (χ3n) is 9.12. The summed E-state index contributed by atoms with van der Waals surface area (Å²) < 4.78 is 6.48. The summed E-state index contributed by atoms with van der Waals surface area (Å²) in [6, 6.07) is 32.4. The molecule has 1 aliphatic heterocycles. The van der Waals surface area contributed by atoms with Crippen molar-refractivity contribution in [2.75, 3.05) is 0 Å². The minimum absolute atomic E-state index is 0. The van der Waals surface area contributed by atoms with Crippen LogP contribution in [0.5, 0.6) is 0 Å². The van der Waals surface area contributed by atoms with Gasteiger partial charge in [-0.3, -0.25) is 0 Å². The van der Waals surface area contributed by atoms with Crippen LogP contribution >= 0.6 is 0 Å². The first-order valence-electron chi connectivity index (χ1n) is 16.9. The molecule has 0 amide bonds. The van der Waals surface area contributed by atoms with Gasteiger partial charge in [-0.2, -0.15) is 0 Å². The van der Waals surface area contributed by atoms with E-state index in [0.717, 1.165) is 33.7 Å². The van der Waals surface area contributed by atoms with E-state index < -0.39 is 8.07 Å². The summed E-state index contributed by atoms with van der Waals surface area (Å²) in [4.78, 5) is 14.0. The second-order valence-corrected chi connectivity index (χ2v) is 19.3. The van der Waals surface area contributed by atoms with Crippen LogP contribution in [0.1, 0.15) is 50.6 Å². The molecular weight excluding hydrogens is 797 g/mol. The van der Waals surface area contributed by atoms with E-state index in [1.54, 1.807) is 0 Å². The largest absolute Gasteiger partial charge is 0.501 e. The van der Waals surface area contributed by atoms with Crippen LogP contribution < -0.4 is 5.19 Å². The monoisotopic (exact) mass is 843 g/mol. The van der Waals surface area contributed by atoms with E-state index in [1.807, 2.05) is 42.7 Å². The van der Waals surface area contributed by atoms with Crippen LogP contribution in [0.3, 0.4) is 0 Å². The average Bonchev–Trinajstić information content (AvgIpc) is 3.69. The number of benzene rings is 3. The number of pyridine rings is 2. The Hall–Kier alpha value is -4.03. The molecular formula is C42H46IrN4OSi-2. The van der Waals surface area contributed by atoms with Crippen LogP contribution in [0.15, 0.2) is 102 Å². The summed E-state index contributed by atoms with van der Waals surface area (Å²) in [5.74, 6) is 0. The quantitative estimate of drug-likeness (QED) is 0.124. The Labute approximate surface area is 306 Å². The van der Waals surface area contributed by atoms with Gasteiger partial charge >= 0.3 is 0 Å². The van der Waals surface area contributed by atoms with Crippen LogP contribution in [0.4, 0.5) is 0 Å². The van der Waals surface area contributed by atoms with E-state index in [-0.39, 0.29) is 26.3 Å². The van der Waals surface area contributed by atoms with Crippen molar-refractivity contribution in [3.8, 4) is 22.5 Å². The molecule has 0 spiro atoms. The molecule has 0 bridgehead atoms. The van der Waals surface area contributed by atoms with Crippen LogP contribution in [-0.4, -0.2) is 39.9 Å². The summed E-state index contributed by atoms with van der Waals surface area (Å²) in [6.07, 6.45) is 8.40. The van der Waals surface area contributed by atoms with Crippen molar-refractivity contribution >= 4 is 35.2 Å². The van der Waals surface area contributed by atoms with Gasteiger partial charge in [-0.15, -0.1) is 53.2 Å². The number of para-hydroxylation sites is 1. The van der Waals surface area contributed by atoms with Gasteiger partial charge in [-0.05, 0) is 76.2 Å². The molecule has 1 radical (unpaired) electrons. The first kappa shape index (κ1) is 36.3. The van der Waals surface area contributed by atoms with Crippen molar-refractivity contribution in [2.24, 2.45) is 0 Å². The maximum atomic E-state index is 6.48. The second-order valence-electron chi connectivity index (χ2n) is 14.3. The van der Waals surface area contributed by atoms with Gasteiger partial charge < -0.3 is 24.2 Å². The normalized spacial score (nSPS) is 13.4. The molecule has 255 valence electrons. The predicted molar refractivity (Wildman–Crippen MR) is 203 cm³/mol. The van der Waals surface area contributed by atoms with Gasteiger partial charge in [0.05, 0.1) is 5.58 Å². The van der Waals surface area contributed by atoms with Gasteiger partial charge in [-0.1, -0.05) is 66.5 Å². The van der Waals surface area contributed by atoms with E-state index in [0.29, 0.717) is 12.1 Å². The van der Waals surface area contributed by atoms with Crippen molar-refractivity contribution in [3.05, 3.63) is 126 Å². The average molecular weight is 843 g/mol. The third kappa shape index (κ3) is 7.45. The Kier molecular flexibility index (Phi) is 11.0. The van der Waals surface area contributed by atoms with Crippen molar-refractivity contribution in [1.29, 1.82) is 0 Å². The molecule has 0 aliphatic carbocycles. The van der Waals surface area contributed by atoms with Crippen molar-refractivity contribution < 1.29 is 24.5 Å². The van der Waals surface area contributed by atoms with Gasteiger partial charge in [0.1, 0.15) is 11.7 Å². The molecule has 0 fully saturated rings. The van der Waals surface area contributed by atoms with Crippen molar-refractivity contribution in [1.82, 2.24) is 19.8 Å². The molecule has 0 unspecified atom stereocenters. The fourth-order valence-electron chi connectivity index (χ4n) is 6.35. The minimum atomic E-state index is -1.61. The Morgan fingerprint density at radius 2 is 1.49 bits per heavy atom. The Bertz CT molecular complexity index is 2060. The van der Waals surface area contributed by atoms with Crippen LogP contribution in [0.2, 0.25) is 19.6 Å². The standard InChI is InChI=1S/C29H34N3OSi.C13H12N.Ir/c1-19(2)31-16-17-32(20(3)4)29(31)21-14-15-30-24(18-21)22-12-13-26(34(5,6)7)27-23-10-8-9-11-25(23)33-28(22)27;1-10-8-13(14-9-11(10)2)12-6-4-3-5-7-12;/h8-11,13-20,29H,1-7H3;3-6,8-9H,1-2H3;/q2*-1;. The first-order valence-corrected chi connectivity index (χ1v) is 20.4. The SMILES string of the molecule is CC(C)N1C=CN(C(C)C)C1c1ccnc(-c2[c-]cc([Si](C)(C)C)c3c2oc2ccccc23)c1.Cc1cnc(-c2[c-]cccc2)cc1C.[Ir]. The molecule has 5 nitrogen and oxygen atoms in total. The van der Waals surface area contributed by atoms with E-state index in [9.17, 15) is 0 Å². The van der Waals surface area contributed by atoms with Gasteiger partial charge in [0.25, 0.3) is 0 Å². The zero-order chi connectivity index (χ0) is 34.2. The van der Waals surface area contributed by atoms with E-state index in [4.69, 9.17) is 9.40 Å². The molecule has 0 saturated carbocycles. The summed E-state index contributed by atoms with van der Waals surface area (Å²) in [6.45, 7) is 20.3. The van der Waals surface area contributed by atoms with Crippen LogP contribution in [-0.2, 0) is 20.1 Å². The molecule has 6 aromatic rings. The number of hydrogen-bond donors (Lipinski definition) is 0. The molecule has 0 saturated heterocycles. The third-order valence-corrected chi connectivity index (χ3v) is 11.1. The summed E-state index contributed by atoms with van der Waals surface area (Å²) in [5, 5.41) is 3.79. The molecule has 1 aliphatic rings. The van der Waals surface area contributed by atoms with Gasteiger partial charge in [0.15, 0.2) is 0 Å². The second kappa shape index (κ2) is 14.8. The fourth-order valence-corrected chi connectivity index (χ4v) is 7.85. The molecule has 0 atom stereocenters. The molecule has 7 rings (SSSR count). The summed E-state index contributed by atoms with van der Waals surface area (Å²) in [5.41, 5.74) is 9.43. The molecule has 7 heteroatoms. The minimum Gasteiger partial charge on any atom is -0.501 e. The summed E-state index contributed by atoms with van der Waals surface area (Å²) >= 11 is 0. The molecule has 3 aromatic carbocycles. The maximum absolute atomic E-state index is 6.48. The topological polar surface area (TPSA) is 45.4 Å². The van der Waals surface area contributed by atoms with E-state index in [2.05, 4.69) is 143 Å². The van der Waals surface area contributed by atoms with Gasteiger partial charge in [0, 0.05) is 70.4 Å². The zero-order valence-electron chi connectivity index (χ0n) is 30.0. The molecule has 3 aromatic heterocycles. The van der Waals surface area contributed by atoms with Crippen molar-refractivity contribution in [2.45, 2.75) is 79.4 Å². The first-order chi connectivity index (χ1) is 22.9. The van der Waals surface area contributed by atoms with Gasteiger partial charge in [-0.25, -0.2) is 0 Å². The molecule has 49 heavy (non-hydrogen) atoms. The molecule has 4 heterocycles. The van der Waals surface area contributed by atoms with E-state index >= 15 is 0 Å². The molecule has 0 N–H and O–H groups in total. The van der Waals surface area contributed by atoms with Crippen LogP contribution in [0, 0.1) is 26.0 Å².